The van der Waals surface area contributed by atoms with Gasteiger partial charge in [-0.15, -0.1) is 10.2 Å². The molecule has 156 valence electrons. The van der Waals surface area contributed by atoms with Gasteiger partial charge < -0.3 is 4.74 Å². The van der Waals surface area contributed by atoms with Crippen molar-refractivity contribution in [3.8, 4) is 23.2 Å². The second kappa shape index (κ2) is 8.70. The highest BCUT2D eigenvalue weighted by Crippen LogP contribution is 2.44. The van der Waals surface area contributed by atoms with Crippen LogP contribution in [0.5, 0.6) is 5.88 Å². The molecular formula is C22H18FN5O2S. The Balaban J connectivity index is 1.95. The van der Waals surface area contributed by atoms with Crippen molar-refractivity contribution >= 4 is 23.4 Å². The van der Waals surface area contributed by atoms with Crippen molar-refractivity contribution in [3.05, 3.63) is 59.4 Å². The molecule has 1 aromatic heterocycles. The number of rotatable bonds is 4. The fraction of sp³-hybridized carbons (Fsp3) is 0.227. The number of hydrogen-bond acceptors (Lipinski definition) is 7. The van der Waals surface area contributed by atoms with Gasteiger partial charge in [-0.05, 0) is 36.1 Å². The third-order valence-corrected chi connectivity index (χ3v) is 5.46. The SMILES string of the molecule is CCSc1nnc2c(n1)O[C@@H](c1ccc(C#N)cc1)N(C(=O)CC)c1ccc(F)cc1-2. The van der Waals surface area contributed by atoms with Gasteiger partial charge in [0.2, 0.25) is 23.2 Å². The third kappa shape index (κ3) is 3.94. The molecule has 1 amide bonds. The smallest absolute Gasteiger partial charge is 0.247 e. The quantitative estimate of drug-likeness (QED) is 0.557. The van der Waals surface area contributed by atoms with Gasteiger partial charge in [-0.25, -0.2) is 4.39 Å². The van der Waals surface area contributed by atoms with Gasteiger partial charge in [0, 0.05) is 17.5 Å². The van der Waals surface area contributed by atoms with E-state index in [9.17, 15) is 9.18 Å². The Bertz CT molecular complexity index is 1180. The second-order valence-electron chi connectivity index (χ2n) is 6.66. The number of carbonyl (C=O) groups is 1. The topological polar surface area (TPSA) is 92.0 Å². The number of nitriles is 1. The number of benzene rings is 2. The van der Waals surface area contributed by atoms with E-state index in [1.807, 2.05) is 6.92 Å². The molecule has 2 heterocycles. The van der Waals surface area contributed by atoms with Crippen LogP contribution in [-0.2, 0) is 4.79 Å². The highest BCUT2D eigenvalue weighted by atomic mass is 32.2. The summed E-state index contributed by atoms with van der Waals surface area (Å²) in [4.78, 5) is 19.0. The molecule has 0 bridgehead atoms. The maximum absolute atomic E-state index is 14.2. The molecule has 3 aromatic rings. The number of thioether (sulfide) groups is 1. The number of aromatic nitrogens is 3. The zero-order valence-corrected chi connectivity index (χ0v) is 17.7. The number of halogens is 1. The molecule has 0 spiro atoms. The van der Waals surface area contributed by atoms with E-state index in [4.69, 9.17) is 10.00 Å². The minimum absolute atomic E-state index is 0.165. The first-order chi connectivity index (χ1) is 15.0. The van der Waals surface area contributed by atoms with Crippen LogP contribution in [0.4, 0.5) is 10.1 Å². The number of carbonyl (C=O) groups excluding carboxylic acids is 1. The summed E-state index contributed by atoms with van der Waals surface area (Å²) in [6.07, 6.45) is -0.666. The lowest BCUT2D eigenvalue weighted by Crippen LogP contribution is -2.37. The molecule has 9 heteroatoms. The molecule has 0 radical (unpaired) electrons. The Kier molecular flexibility index (Phi) is 5.82. The van der Waals surface area contributed by atoms with Gasteiger partial charge in [0.1, 0.15) is 5.82 Å². The van der Waals surface area contributed by atoms with Crippen LogP contribution in [0.15, 0.2) is 47.6 Å². The van der Waals surface area contributed by atoms with E-state index in [-0.39, 0.29) is 23.9 Å². The highest BCUT2D eigenvalue weighted by Gasteiger charge is 2.35. The molecule has 4 rings (SSSR count). The molecule has 0 aliphatic carbocycles. The molecule has 1 aliphatic rings. The molecule has 1 aliphatic heterocycles. The van der Waals surface area contributed by atoms with E-state index in [1.54, 1.807) is 31.2 Å². The van der Waals surface area contributed by atoms with E-state index >= 15 is 0 Å². The van der Waals surface area contributed by atoms with Crippen LogP contribution in [0.3, 0.4) is 0 Å². The van der Waals surface area contributed by atoms with Crippen LogP contribution >= 0.6 is 11.8 Å². The van der Waals surface area contributed by atoms with E-state index < -0.39 is 12.0 Å². The molecule has 0 fully saturated rings. The van der Waals surface area contributed by atoms with Crippen molar-refractivity contribution in [2.75, 3.05) is 10.7 Å². The Labute approximate surface area is 182 Å². The van der Waals surface area contributed by atoms with Gasteiger partial charge in [-0.2, -0.15) is 10.2 Å². The van der Waals surface area contributed by atoms with Crippen molar-refractivity contribution in [2.24, 2.45) is 0 Å². The summed E-state index contributed by atoms with van der Waals surface area (Å²) in [5, 5.41) is 17.9. The van der Waals surface area contributed by atoms with Crippen LogP contribution in [0, 0.1) is 17.1 Å². The zero-order valence-electron chi connectivity index (χ0n) is 16.9. The van der Waals surface area contributed by atoms with Crippen molar-refractivity contribution in [1.82, 2.24) is 15.2 Å². The first kappa shape index (κ1) is 20.8. The first-order valence-electron chi connectivity index (χ1n) is 9.72. The molecule has 7 nitrogen and oxygen atoms in total. The Morgan fingerprint density at radius 3 is 2.68 bits per heavy atom. The summed E-state index contributed by atoms with van der Waals surface area (Å²) >= 11 is 1.40. The lowest BCUT2D eigenvalue weighted by Gasteiger charge is -2.30. The predicted octanol–water partition coefficient (Wildman–Crippen LogP) is 4.50. The summed E-state index contributed by atoms with van der Waals surface area (Å²) in [5.41, 5.74) is 2.22. The normalized spacial score (nSPS) is 14.6. The van der Waals surface area contributed by atoms with E-state index in [2.05, 4.69) is 21.3 Å². The molecule has 0 N–H and O–H groups in total. The Hall–Kier alpha value is -3.51. The zero-order chi connectivity index (χ0) is 22.0. The fourth-order valence-corrected chi connectivity index (χ4v) is 3.81. The molecule has 2 aromatic carbocycles. The number of anilines is 1. The van der Waals surface area contributed by atoms with Gasteiger partial charge in [-0.1, -0.05) is 37.7 Å². The number of ether oxygens (including phenoxy) is 1. The molecule has 0 saturated carbocycles. The van der Waals surface area contributed by atoms with E-state index in [0.717, 1.165) is 5.75 Å². The number of nitrogens with zero attached hydrogens (tertiary/aromatic N) is 5. The van der Waals surface area contributed by atoms with Crippen LogP contribution < -0.4 is 9.64 Å². The summed E-state index contributed by atoms with van der Waals surface area (Å²) < 4.78 is 20.4. The molecule has 0 unspecified atom stereocenters. The van der Waals surface area contributed by atoms with Crippen molar-refractivity contribution < 1.29 is 13.9 Å². The number of fused-ring (bicyclic) bond motifs is 3. The third-order valence-electron chi connectivity index (χ3n) is 4.74. The molecule has 31 heavy (non-hydrogen) atoms. The van der Waals surface area contributed by atoms with Crippen molar-refractivity contribution in [3.63, 3.8) is 0 Å². The van der Waals surface area contributed by atoms with Gasteiger partial charge in [0.05, 0.1) is 17.3 Å². The van der Waals surface area contributed by atoms with Gasteiger partial charge in [0.25, 0.3) is 0 Å². The monoisotopic (exact) mass is 435 g/mol. The van der Waals surface area contributed by atoms with Gasteiger partial charge in [-0.3, -0.25) is 9.69 Å². The second-order valence-corrected chi connectivity index (χ2v) is 7.90. The summed E-state index contributed by atoms with van der Waals surface area (Å²) in [6.45, 7) is 3.71. The van der Waals surface area contributed by atoms with Crippen molar-refractivity contribution in [1.29, 1.82) is 5.26 Å². The number of hydrogen-bond donors (Lipinski definition) is 0. The Morgan fingerprint density at radius 1 is 1.23 bits per heavy atom. The first-order valence-corrected chi connectivity index (χ1v) is 10.7. The average Bonchev–Trinajstić information content (AvgIpc) is 2.93. The molecule has 1 atom stereocenters. The average molecular weight is 435 g/mol. The van der Waals surface area contributed by atoms with Crippen LogP contribution in [0.2, 0.25) is 0 Å². The van der Waals surface area contributed by atoms with Crippen molar-refractivity contribution in [2.45, 2.75) is 31.7 Å². The summed E-state index contributed by atoms with van der Waals surface area (Å²) in [6, 6.07) is 13.0. The fourth-order valence-electron chi connectivity index (χ4n) is 3.31. The standard InChI is InChI=1S/C22H18FN5O2S/c1-3-18(29)28-17-10-9-15(23)11-16(17)19-20(25-22(27-26-19)31-4-2)30-21(28)14-7-5-13(12-24)6-8-14/h5-11,21H,3-4H2,1-2H3/t21-/m0/s1. The van der Waals surface area contributed by atoms with Gasteiger partial charge >= 0.3 is 0 Å². The summed E-state index contributed by atoms with van der Waals surface area (Å²) in [7, 11) is 0. The lowest BCUT2D eigenvalue weighted by atomic mass is 10.1. The van der Waals surface area contributed by atoms with E-state index in [0.29, 0.717) is 27.5 Å². The van der Waals surface area contributed by atoms with E-state index in [1.165, 1.54) is 34.9 Å². The molecular weight excluding hydrogens is 417 g/mol. The summed E-state index contributed by atoms with van der Waals surface area (Å²) in [5.74, 6) is 0.217. The number of amides is 1. The van der Waals surface area contributed by atoms with Gasteiger partial charge in [0.15, 0.2) is 5.69 Å². The largest absolute Gasteiger partial charge is 0.447 e. The maximum Gasteiger partial charge on any atom is 0.247 e. The highest BCUT2D eigenvalue weighted by molar-refractivity contribution is 7.99. The van der Waals surface area contributed by atoms with Crippen LogP contribution in [0.1, 0.15) is 37.6 Å². The lowest BCUT2D eigenvalue weighted by molar-refractivity contribution is -0.120. The predicted molar refractivity (Wildman–Crippen MR) is 114 cm³/mol. The Morgan fingerprint density at radius 2 is 2.00 bits per heavy atom. The molecule has 0 saturated heterocycles. The minimum atomic E-state index is -0.873. The van der Waals surface area contributed by atoms with Crippen LogP contribution in [0.25, 0.3) is 11.3 Å². The maximum atomic E-state index is 14.2. The van der Waals surface area contributed by atoms with Crippen LogP contribution in [-0.4, -0.2) is 26.8 Å². The minimum Gasteiger partial charge on any atom is -0.447 e.